The van der Waals surface area contributed by atoms with Crippen molar-refractivity contribution in [3.63, 3.8) is 0 Å². The van der Waals surface area contributed by atoms with E-state index in [-0.39, 0.29) is 12.5 Å². The molecule has 33 heavy (non-hydrogen) atoms. The van der Waals surface area contributed by atoms with Crippen molar-refractivity contribution >= 4 is 34.5 Å². The highest BCUT2D eigenvalue weighted by molar-refractivity contribution is 5.79. The number of oxazole rings is 1. The van der Waals surface area contributed by atoms with Crippen LogP contribution in [0.5, 0.6) is 0 Å². The Bertz CT molecular complexity index is 1360. The fraction of sp³-hybridized carbons (Fsp3) is 0.261. The van der Waals surface area contributed by atoms with Gasteiger partial charge >= 0.3 is 5.76 Å². The summed E-state index contributed by atoms with van der Waals surface area (Å²) in [7, 11) is 0. The third-order valence-corrected chi connectivity index (χ3v) is 5.65. The van der Waals surface area contributed by atoms with Crippen molar-refractivity contribution in [3.05, 3.63) is 71.1 Å². The maximum Gasteiger partial charge on any atom is 0.420 e. The highest BCUT2D eigenvalue weighted by Gasteiger charge is 2.23. The number of hydrogen-bond acceptors (Lipinski definition) is 8. The molecule has 10 heteroatoms. The van der Waals surface area contributed by atoms with E-state index in [1.165, 1.54) is 10.9 Å². The molecule has 0 radical (unpaired) electrons. The summed E-state index contributed by atoms with van der Waals surface area (Å²) in [5.74, 6) is 1.52. The second kappa shape index (κ2) is 8.73. The minimum absolute atomic E-state index is 0.0408. The van der Waals surface area contributed by atoms with Crippen molar-refractivity contribution in [2.75, 3.05) is 36.4 Å². The molecule has 0 bridgehead atoms. The summed E-state index contributed by atoms with van der Waals surface area (Å²) in [5.41, 5.74) is 2.21. The van der Waals surface area contributed by atoms with Crippen LogP contribution < -0.4 is 16.0 Å². The maximum atomic E-state index is 12.9. The number of piperazine rings is 1. The molecule has 10 nitrogen and oxygen atoms in total. The van der Waals surface area contributed by atoms with Crippen LogP contribution in [0.15, 0.2) is 64.2 Å². The van der Waals surface area contributed by atoms with Crippen LogP contribution in [0.4, 0.5) is 17.5 Å². The minimum atomic E-state index is -0.521. The van der Waals surface area contributed by atoms with Crippen LogP contribution in [0.25, 0.3) is 11.1 Å². The molecule has 1 amide bonds. The van der Waals surface area contributed by atoms with Gasteiger partial charge < -0.3 is 19.5 Å². The number of fused-ring (bicyclic) bond motifs is 1. The molecular weight excluding hydrogens is 422 g/mol. The molecule has 5 rings (SSSR count). The first-order valence-corrected chi connectivity index (χ1v) is 10.7. The fourth-order valence-electron chi connectivity index (χ4n) is 3.91. The van der Waals surface area contributed by atoms with Gasteiger partial charge in [0.1, 0.15) is 30.3 Å². The van der Waals surface area contributed by atoms with Crippen molar-refractivity contribution in [1.29, 1.82) is 0 Å². The van der Waals surface area contributed by atoms with Crippen LogP contribution in [0.3, 0.4) is 0 Å². The lowest BCUT2D eigenvalue weighted by Gasteiger charge is -2.35. The molecular formula is C23H23N7O3. The number of aryl methyl sites for hydroxylation is 1. The third-order valence-electron chi connectivity index (χ3n) is 5.65. The molecule has 4 heterocycles. The first-order valence-electron chi connectivity index (χ1n) is 10.7. The number of hydrogen-bond donors (Lipinski definition) is 1. The molecule has 1 aliphatic rings. The van der Waals surface area contributed by atoms with Crippen LogP contribution >= 0.6 is 0 Å². The van der Waals surface area contributed by atoms with Gasteiger partial charge in [0.25, 0.3) is 0 Å². The molecule has 168 valence electrons. The molecule has 1 N–H and O–H groups in total. The Morgan fingerprint density at radius 1 is 1.03 bits per heavy atom. The van der Waals surface area contributed by atoms with Gasteiger partial charge in [0, 0.05) is 38.4 Å². The molecule has 1 fully saturated rings. The van der Waals surface area contributed by atoms with E-state index in [1.807, 2.05) is 31.2 Å². The molecule has 1 aromatic carbocycles. The molecule has 4 aromatic rings. The first kappa shape index (κ1) is 20.7. The number of amides is 1. The maximum absolute atomic E-state index is 12.9. The highest BCUT2D eigenvalue weighted by Crippen LogP contribution is 2.19. The van der Waals surface area contributed by atoms with E-state index in [0.29, 0.717) is 43.1 Å². The fourth-order valence-corrected chi connectivity index (χ4v) is 3.91. The number of rotatable bonds is 5. The normalized spacial score (nSPS) is 14.0. The molecule has 1 saturated heterocycles. The number of anilines is 3. The lowest BCUT2D eigenvalue weighted by molar-refractivity contribution is -0.132. The molecule has 1 aliphatic heterocycles. The van der Waals surface area contributed by atoms with E-state index < -0.39 is 5.76 Å². The minimum Gasteiger partial charge on any atom is -0.408 e. The number of nitrogens with one attached hydrogen (secondary N) is 1. The second-order valence-corrected chi connectivity index (χ2v) is 7.89. The van der Waals surface area contributed by atoms with Crippen LogP contribution in [0.2, 0.25) is 0 Å². The van der Waals surface area contributed by atoms with Crippen molar-refractivity contribution < 1.29 is 9.21 Å². The summed E-state index contributed by atoms with van der Waals surface area (Å²) < 4.78 is 6.61. The largest absolute Gasteiger partial charge is 0.420 e. The zero-order valence-corrected chi connectivity index (χ0v) is 18.1. The van der Waals surface area contributed by atoms with Crippen LogP contribution in [0.1, 0.15) is 5.56 Å². The lowest BCUT2D eigenvalue weighted by atomic mass is 10.3. The van der Waals surface area contributed by atoms with Gasteiger partial charge in [-0.1, -0.05) is 12.1 Å². The Balaban J connectivity index is 1.22. The van der Waals surface area contributed by atoms with Gasteiger partial charge in [0.05, 0.1) is 5.52 Å². The van der Waals surface area contributed by atoms with E-state index >= 15 is 0 Å². The molecule has 0 spiro atoms. The quantitative estimate of drug-likeness (QED) is 0.498. The smallest absolute Gasteiger partial charge is 0.408 e. The number of aromatic nitrogens is 4. The van der Waals surface area contributed by atoms with Crippen LogP contribution in [-0.2, 0) is 11.3 Å². The molecule has 0 saturated carbocycles. The summed E-state index contributed by atoms with van der Waals surface area (Å²) in [5, 5.41) is 3.20. The van der Waals surface area contributed by atoms with E-state index in [9.17, 15) is 9.59 Å². The van der Waals surface area contributed by atoms with Gasteiger partial charge in [-0.25, -0.2) is 19.7 Å². The average molecular weight is 445 g/mol. The summed E-state index contributed by atoms with van der Waals surface area (Å²) in [4.78, 5) is 41.9. The Morgan fingerprint density at radius 3 is 2.64 bits per heavy atom. The van der Waals surface area contributed by atoms with Gasteiger partial charge in [0.2, 0.25) is 5.91 Å². The van der Waals surface area contributed by atoms with Gasteiger partial charge in [-0.15, -0.1) is 0 Å². The van der Waals surface area contributed by atoms with Crippen molar-refractivity contribution in [2.24, 2.45) is 0 Å². The van der Waals surface area contributed by atoms with Crippen LogP contribution in [-0.4, -0.2) is 56.5 Å². The Morgan fingerprint density at radius 2 is 1.82 bits per heavy atom. The second-order valence-electron chi connectivity index (χ2n) is 7.89. The van der Waals surface area contributed by atoms with Crippen molar-refractivity contribution in [2.45, 2.75) is 13.5 Å². The standard InChI is InChI=1S/C23H23N7O3/c1-16-6-7-24-19(12-16)27-20-13-21(26-15-25-20)28-8-10-29(11-9-28)22(31)14-30-17-4-2-3-5-18(17)33-23(30)32/h2-7,12-13,15H,8-11,14H2,1H3,(H,24,25,26,27). The Hall–Kier alpha value is -4.21. The number of para-hydroxylation sites is 2. The number of nitrogens with zero attached hydrogens (tertiary/aromatic N) is 6. The monoisotopic (exact) mass is 445 g/mol. The van der Waals surface area contributed by atoms with E-state index in [2.05, 4.69) is 25.2 Å². The van der Waals surface area contributed by atoms with Gasteiger partial charge in [0.15, 0.2) is 5.58 Å². The molecule has 3 aromatic heterocycles. The summed E-state index contributed by atoms with van der Waals surface area (Å²) in [6.07, 6.45) is 3.26. The van der Waals surface area contributed by atoms with Crippen molar-refractivity contribution in [3.8, 4) is 0 Å². The van der Waals surface area contributed by atoms with Gasteiger partial charge in [-0.2, -0.15) is 0 Å². The zero-order chi connectivity index (χ0) is 22.8. The van der Waals surface area contributed by atoms with Gasteiger partial charge in [-0.05, 0) is 36.8 Å². The number of pyridine rings is 1. The van der Waals surface area contributed by atoms with E-state index in [1.54, 1.807) is 29.3 Å². The lowest BCUT2D eigenvalue weighted by Crippen LogP contribution is -2.50. The van der Waals surface area contributed by atoms with Crippen molar-refractivity contribution in [1.82, 2.24) is 24.4 Å². The van der Waals surface area contributed by atoms with E-state index in [4.69, 9.17) is 4.42 Å². The summed E-state index contributed by atoms with van der Waals surface area (Å²) in [6.45, 7) is 4.30. The number of benzene rings is 1. The summed E-state index contributed by atoms with van der Waals surface area (Å²) in [6, 6.07) is 12.9. The Labute approximate surface area is 189 Å². The SMILES string of the molecule is Cc1ccnc(Nc2cc(N3CCN(C(=O)Cn4c(=O)oc5ccccc54)CC3)ncn2)c1. The predicted molar refractivity (Wildman–Crippen MR) is 124 cm³/mol. The Kier molecular flexibility index (Phi) is 5.47. The third kappa shape index (κ3) is 4.40. The highest BCUT2D eigenvalue weighted by atomic mass is 16.4. The molecule has 0 aliphatic carbocycles. The van der Waals surface area contributed by atoms with Crippen LogP contribution in [0, 0.1) is 6.92 Å². The topological polar surface area (TPSA) is 109 Å². The predicted octanol–water partition coefficient (Wildman–Crippen LogP) is 2.18. The number of carbonyl (C=O) groups excluding carboxylic acids is 1. The summed E-state index contributed by atoms with van der Waals surface area (Å²) >= 11 is 0. The van der Waals surface area contributed by atoms with E-state index in [0.717, 1.165) is 17.2 Å². The average Bonchev–Trinajstić information content (AvgIpc) is 3.14. The molecule has 0 unspecified atom stereocenters. The zero-order valence-electron chi connectivity index (χ0n) is 18.1. The van der Waals surface area contributed by atoms with Gasteiger partial charge in [-0.3, -0.25) is 9.36 Å². The number of carbonyl (C=O) groups is 1. The first-order chi connectivity index (χ1) is 16.1. The molecule has 0 atom stereocenters.